The summed E-state index contributed by atoms with van der Waals surface area (Å²) in [4.78, 5) is 36.0. The molecule has 0 fully saturated rings. The minimum absolute atomic E-state index is 0.0540. The lowest BCUT2D eigenvalue weighted by molar-refractivity contribution is -0.131. The summed E-state index contributed by atoms with van der Waals surface area (Å²) in [6.45, 7) is 3.71. The van der Waals surface area contributed by atoms with E-state index in [1.54, 1.807) is 6.07 Å². The first-order valence-corrected chi connectivity index (χ1v) is 10.8. The van der Waals surface area contributed by atoms with Gasteiger partial charge in [-0.25, -0.2) is 9.78 Å². The van der Waals surface area contributed by atoms with Crippen molar-refractivity contribution in [2.24, 2.45) is 5.41 Å². The number of aliphatic hydroxyl groups excluding tert-OH is 1. The molecule has 0 saturated heterocycles. The summed E-state index contributed by atoms with van der Waals surface area (Å²) in [7, 11) is 0. The van der Waals surface area contributed by atoms with Crippen molar-refractivity contribution in [2.45, 2.75) is 39.5 Å². The number of aliphatic hydroxyl groups is 1. The second-order valence-corrected chi connectivity index (χ2v) is 7.98. The maximum Gasteiger partial charge on any atom is 0.348 e. The smallest absolute Gasteiger partial charge is 0.348 e. The second kappa shape index (κ2) is 9.98. The summed E-state index contributed by atoms with van der Waals surface area (Å²) in [5.41, 5.74) is 0.999. The molecule has 7 heteroatoms. The number of aromatic amines is 1. The minimum Gasteiger partial charge on any atom is -0.395 e. The van der Waals surface area contributed by atoms with E-state index < -0.39 is 11.1 Å². The Hall–Kier alpha value is -2.83. The Bertz CT molecular complexity index is 1100. The SMILES string of the molecule is CCC(CC)(CO)C(=O)CCc1ccc(Cl)c(-c2nc(-c3ccccc3)nc(=O)[nH]2)c1. The van der Waals surface area contributed by atoms with Gasteiger partial charge in [0.1, 0.15) is 11.6 Å². The lowest BCUT2D eigenvalue weighted by Crippen LogP contribution is -2.34. The van der Waals surface area contributed by atoms with Gasteiger partial charge < -0.3 is 5.11 Å². The quantitative estimate of drug-likeness (QED) is 0.513. The number of carbonyl (C=O) groups is 1. The molecule has 6 nitrogen and oxygen atoms in total. The summed E-state index contributed by atoms with van der Waals surface area (Å²) in [6, 6.07) is 14.7. The number of H-pyrrole nitrogens is 1. The van der Waals surface area contributed by atoms with Crippen LogP contribution in [0.1, 0.15) is 38.7 Å². The van der Waals surface area contributed by atoms with Crippen LogP contribution in [-0.4, -0.2) is 32.4 Å². The molecule has 2 aromatic carbocycles. The first kappa shape index (κ1) is 22.8. The summed E-state index contributed by atoms with van der Waals surface area (Å²) < 4.78 is 0. The number of hydrogen-bond donors (Lipinski definition) is 2. The molecule has 0 aliphatic rings. The highest BCUT2D eigenvalue weighted by atomic mass is 35.5. The van der Waals surface area contributed by atoms with Gasteiger partial charge in [-0.3, -0.25) is 9.78 Å². The van der Waals surface area contributed by atoms with E-state index in [0.717, 1.165) is 11.1 Å². The van der Waals surface area contributed by atoms with Gasteiger partial charge >= 0.3 is 5.69 Å². The highest BCUT2D eigenvalue weighted by Crippen LogP contribution is 2.30. The number of carbonyl (C=O) groups excluding carboxylic acids is 1. The van der Waals surface area contributed by atoms with E-state index in [4.69, 9.17) is 11.6 Å². The van der Waals surface area contributed by atoms with Crippen molar-refractivity contribution in [1.29, 1.82) is 0 Å². The number of nitrogens with one attached hydrogen (secondary N) is 1. The van der Waals surface area contributed by atoms with Crippen LogP contribution in [-0.2, 0) is 11.2 Å². The van der Waals surface area contributed by atoms with Crippen molar-refractivity contribution in [3.05, 3.63) is 69.6 Å². The third-order valence-corrected chi connectivity index (χ3v) is 6.19. The van der Waals surface area contributed by atoms with Crippen molar-refractivity contribution >= 4 is 17.4 Å². The lowest BCUT2D eigenvalue weighted by Gasteiger charge is -2.27. The molecule has 0 radical (unpaired) electrons. The number of nitrogens with zero attached hydrogens (tertiary/aromatic N) is 2. The predicted octanol–water partition coefficient (Wildman–Crippen LogP) is 4.45. The summed E-state index contributed by atoms with van der Waals surface area (Å²) >= 11 is 6.40. The Morgan fingerprint density at radius 3 is 2.45 bits per heavy atom. The molecule has 0 amide bonds. The number of halogens is 1. The topological polar surface area (TPSA) is 95.9 Å². The van der Waals surface area contributed by atoms with Crippen LogP contribution in [0.5, 0.6) is 0 Å². The van der Waals surface area contributed by atoms with Crippen molar-refractivity contribution < 1.29 is 9.90 Å². The average molecular weight is 440 g/mol. The molecule has 1 heterocycles. The molecule has 0 aliphatic carbocycles. The number of rotatable bonds is 9. The van der Waals surface area contributed by atoms with E-state index in [1.807, 2.05) is 56.3 Å². The molecule has 0 unspecified atom stereocenters. The molecule has 0 spiro atoms. The molecule has 0 aliphatic heterocycles. The Labute approximate surface area is 186 Å². The van der Waals surface area contributed by atoms with Gasteiger partial charge in [0, 0.05) is 17.5 Å². The molecule has 31 heavy (non-hydrogen) atoms. The number of aromatic nitrogens is 3. The second-order valence-electron chi connectivity index (χ2n) is 7.57. The molecular weight excluding hydrogens is 414 g/mol. The van der Waals surface area contributed by atoms with Crippen LogP contribution in [0.3, 0.4) is 0 Å². The third-order valence-electron chi connectivity index (χ3n) is 5.86. The molecule has 3 rings (SSSR count). The van der Waals surface area contributed by atoms with Crippen LogP contribution < -0.4 is 5.69 Å². The first-order valence-electron chi connectivity index (χ1n) is 10.4. The van der Waals surface area contributed by atoms with Gasteiger partial charge in [-0.1, -0.05) is 61.8 Å². The van der Waals surface area contributed by atoms with E-state index in [9.17, 15) is 14.7 Å². The van der Waals surface area contributed by atoms with E-state index in [0.29, 0.717) is 47.9 Å². The zero-order valence-electron chi connectivity index (χ0n) is 17.7. The molecule has 162 valence electrons. The third kappa shape index (κ3) is 5.09. The standard InChI is InChI=1S/C24H26ClN3O3/c1-3-24(4-2,15-29)20(30)13-11-16-10-12-19(25)18(14-16)22-26-21(27-23(31)28-22)17-8-6-5-7-9-17/h5-10,12,14,29H,3-4,11,13,15H2,1-2H3,(H,26,27,28,31). The maximum atomic E-state index is 12.7. The van der Waals surface area contributed by atoms with E-state index in [1.165, 1.54) is 0 Å². The largest absolute Gasteiger partial charge is 0.395 e. The minimum atomic E-state index is -0.683. The summed E-state index contributed by atoms with van der Waals surface area (Å²) in [5, 5.41) is 10.2. The monoisotopic (exact) mass is 439 g/mol. The fraction of sp³-hybridized carbons (Fsp3) is 0.333. The maximum absolute atomic E-state index is 12.7. The van der Waals surface area contributed by atoms with E-state index in [-0.39, 0.29) is 12.4 Å². The van der Waals surface area contributed by atoms with Crippen LogP contribution in [0.25, 0.3) is 22.8 Å². The zero-order valence-corrected chi connectivity index (χ0v) is 18.4. The Kier molecular flexibility index (Phi) is 7.36. The highest BCUT2D eigenvalue weighted by Gasteiger charge is 2.33. The number of Topliss-reactive ketones (excluding diaryl/α,β-unsaturated/α-hetero) is 1. The van der Waals surface area contributed by atoms with Crippen molar-refractivity contribution in [1.82, 2.24) is 15.0 Å². The average Bonchev–Trinajstić information content (AvgIpc) is 2.80. The van der Waals surface area contributed by atoms with Crippen LogP contribution in [0, 0.1) is 5.41 Å². The molecule has 1 aromatic heterocycles. The molecular formula is C24H26ClN3O3. The highest BCUT2D eigenvalue weighted by molar-refractivity contribution is 6.33. The van der Waals surface area contributed by atoms with E-state index in [2.05, 4.69) is 15.0 Å². The van der Waals surface area contributed by atoms with Gasteiger partial charge in [0.25, 0.3) is 0 Å². The fourth-order valence-electron chi connectivity index (χ4n) is 3.62. The summed E-state index contributed by atoms with van der Waals surface area (Å²) in [5.74, 6) is 0.691. The fourth-order valence-corrected chi connectivity index (χ4v) is 3.82. The van der Waals surface area contributed by atoms with Crippen molar-refractivity contribution in [3.63, 3.8) is 0 Å². The normalized spacial score (nSPS) is 11.5. The number of benzene rings is 2. The predicted molar refractivity (Wildman–Crippen MR) is 122 cm³/mol. The zero-order chi connectivity index (χ0) is 22.4. The molecule has 0 atom stereocenters. The number of hydrogen-bond acceptors (Lipinski definition) is 5. The Morgan fingerprint density at radius 2 is 1.81 bits per heavy atom. The van der Waals surface area contributed by atoms with Crippen LogP contribution in [0.2, 0.25) is 5.02 Å². The van der Waals surface area contributed by atoms with Gasteiger partial charge in [0.05, 0.1) is 17.0 Å². The molecule has 3 aromatic rings. The molecule has 0 bridgehead atoms. The lowest BCUT2D eigenvalue weighted by atomic mass is 9.77. The van der Waals surface area contributed by atoms with Crippen molar-refractivity contribution in [2.75, 3.05) is 6.61 Å². The van der Waals surface area contributed by atoms with Gasteiger partial charge in [0.15, 0.2) is 5.82 Å². The molecule has 2 N–H and O–H groups in total. The van der Waals surface area contributed by atoms with Gasteiger partial charge in [-0.15, -0.1) is 0 Å². The number of aryl methyl sites for hydroxylation is 1. The van der Waals surface area contributed by atoms with Gasteiger partial charge in [0.2, 0.25) is 0 Å². The van der Waals surface area contributed by atoms with Crippen LogP contribution >= 0.6 is 11.6 Å². The molecule has 0 saturated carbocycles. The Balaban J connectivity index is 1.89. The summed E-state index contributed by atoms with van der Waals surface area (Å²) in [6.07, 6.45) is 2.04. The van der Waals surface area contributed by atoms with Gasteiger partial charge in [-0.05, 0) is 37.0 Å². The Morgan fingerprint density at radius 1 is 1.10 bits per heavy atom. The van der Waals surface area contributed by atoms with E-state index >= 15 is 0 Å². The first-order chi connectivity index (χ1) is 14.9. The van der Waals surface area contributed by atoms with Crippen LogP contribution in [0.15, 0.2) is 53.3 Å². The van der Waals surface area contributed by atoms with Gasteiger partial charge in [-0.2, -0.15) is 4.98 Å². The van der Waals surface area contributed by atoms with Crippen molar-refractivity contribution in [3.8, 4) is 22.8 Å². The number of ketones is 1. The van der Waals surface area contributed by atoms with Crippen LogP contribution in [0.4, 0.5) is 0 Å².